The van der Waals surface area contributed by atoms with Crippen LogP contribution in [-0.2, 0) is 6.54 Å². The normalized spacial score (nSPS) is 12.4. The fourth-order valence-corrected chi connectivity index (χ4v) is 2.33. The van der Waals surface area contributed by atoms with Crippen LogP contribution in [-0.4, -0.2) is 11.7 Å². The zero-order valence-corrected chi connectivity index (χ0v) is 12.2. The quantitative estimate of drug-likeness (QED) is 0.871. The van der Waals surface area contributed by atoms with Gasteiger partial charge >= 0.3 is 0 Å². The molecule has 2 aromatic rings. The number of aliphatic hydroxyl groups is 1. The molecule has 0 bridgehead atoms. The number of hydrogen-bond donors (Lipinski definition) is 2. The smallest absolute Gasteiger partial charge is 0.131 e. The molecule has 0 aliphatic heterocycles. The minimum absolute atomic E-state index is 0.0909. The molecule has 0 fully saturated rings. The molecule has 0 saturated carbocycles. The van der Waals surface area contributed by atoms with E-state index in [9.17, 15) is 13.9 Å². The van der Waals surface area contributed by atoms with Gasteiger partial charge in [0.25, 0.3) is 0 Å². The fraction of sp³-hybridized carbons (Fsp3) is 0.200. The molecular weight excluding hydrogens is 328 g/mol. The monoisotopic (exact) mass is 341 g/mol. The van der Waals surface area contributed by atoms with Crippen molar-refractivity contribution in [2.75, 3.05) is 6.54 Å². The standard InChI is InChI=1S/C15H14BrF2NO/c16-11-3-1-2-10(6-11)8-19-9-15(20)13-5-4-12(17)7-14(13)18/h1-7,15,19-20H,8-9H2. The summed E-state index contributed by atoms with van der Waals surface area (Å²) in [4.78, 5) is 0. The van der Waals surface area contributed by atoms with Gasteiger partial charge in [0.15, 0.2) is 0 Å². The van der Waals surface area contributed by atoms with Crippen molar-refractivity contribution in [3.63, 3.8) is 0 Å². The number of benzene rings is 2. The maximum atomic E-state index is 13.5. The van der Waals surface area contributed by atoms with Gasteiger partial charge in [0.2, 0.25) is 0 Å². The number of hydrogen-bond acceptors (Lipinski definition) is 2. The zero-order chi connectivity index (χ0) is 14.5. The third-order valence-corrected chi connectivity index (χ3v) is 3.37. The van der Waals surface area contributed by atoms with E-state index in [0.717, 1.165) is 22.2 Å². The van der Waals surface area contributed by atoms with E-state index in [2.05, 4.69) is 21.2 Å². The summed E-state index contributed by atoms with van der Waals surface area (Å²) >= 11 is 3.37. The number of rotatable bonds is 5. The van der Waals surface area contributed by atoms with Crippen molar-refractivity contribution in [3.05, 3.63) is 69.7 Å². The molecule has 5 heteroatoms. The number of nitrogens with one attached hydrogen (secondary N) is 1. The van der Waals surface area contributed by atoms with Crippen LogP contribution in [0.3, 0.4) is 0 Å². The Hall–Kier alpha value is -1.30. The number of aliphatic hydroxyl groups excluding tert-OH is 1. The van der Waals surface area contributed by atoms with Gasteiger partial charge in [-0.25, -0.2) is 8.78 Å². The van der Waals surface area contributed by atoms with E-state index in [4.69, 9.17) is 0 Å². The first-order valence-electron chi connectivity index (χ1n) is 6.14. The van der Waals surface area contributed by atoms with E-state index in [-0.39, 0.29) is 12.1 Å². The van der Waals surface area contributed by atoms with E-state index >= 15 is 0 Å². The molecule has 0 spiro atoms. The Kier molecular flexibility index (Phi) is 5.23. The summed E-state index contributed by atoms with van der Waals surface area (Å²) in [5.74, 6) is -1.39. The van der Waals surface area contributed by atoms with Crippen molar-refractivity contribution in [2.24, 2.45) is 0 Å². The molecule has 0 saturated heterocycles. The molecule has 106 valence electrons. The molecule has 2 aromatic carbocycles. The highest BCUT2D eigenvalue weighted by Gasteiger charge is 2.13. The second-order valence-corrected chi connectivity index (χ2v) is 5.36. The summed E-state index contributed by atoms with van der Waals surface area (Å²) in [5, 5.41) is 12.9. The second kappa shape index (κ2) is 6.92. The Bertz CT molecular complexity index is 592. The molecule has 0 aliphatic carbocycles. The van der Waals surface area contributed by atoms with Crippen LogP contribution in [0.1, 0.15) is 17.2 Å². The van der Waals surface area contributed by atoms with Crippen molar-refractivity contribution in [1.82, 2.24) is 5.32 Å². The van der Waals surface area contributed by atoms with Crippen LogP contribution in [0.25, 0.3) is 0 Å². The molecule has 1 unspecified atom stereocenters. The van der Waals surface area contributed by atoms with Gasteiger partial charge in [-0.1, -0.05) is 34.1 Å². The molecule has 0 aromatic heterocycles. The lowest BCUT2D eigenvalue weighted by Gasteiger charge is -2.13. The van der Waals surface area contributed by atoms with Crippen molar-refractivity contribution in [1.29, 1.82) is 0 Å². The third kappa shape index (κ3) is 4.10. The highest BCUT2D eigenvalue weighted by Crippen LogP contribution is 2.17. The van der Waals surface area contributed by atoms with Crippen LogP contribution in [0.15, 0.2) is 46.9 Å². The molecule has 2 N–H and O–H groups in total. The van der Waals surface area contributed by atoms with Gasteiger partial charge in [-0.2, -0.15) is 0 Å². The Labute approximate surface area is 124 Å². The van der Waals surface area contributed by atoms with Crippen molar-refractivity contribution in [3.8, 4) is 0 Å². The average Bonchev–Trinajstić information content (AvgIpc) is 2.38. The van der Waals surface area contributed by atoms with Gasteiger partial charge in [0.05, 0.1) is 6.10 Å². The predicted octanol–water partition coefficient (Wildman–Crippen LogP) is 3.55. The molecule has 2 rings (SSSR count). The molecule has 0 aliphatic rings. The summed E-state index contributed by atoms with van der Waals surface area (Å²) in [6, 6.07) is 10.9. The van der Waals surface area contributed by atoms with E-state index in [1.807, 2.05) is 24.3 Å². The Morgan fingerprint density at radius 2 is 1.95 bits per heavy atom. The van der Waals surface area contributed by atoms with Crippen molar-refractivity contribution >= 4 is 15.9 Å². The SMILES string of the molecule is OC(CNCc1cccc(Br)c1)c1ccc(F)cc1F. The lowest BCUT2D eigenvalue weighted by molar-refractivity contribution is 0.169. The molecule has 0 radical (unpaired) electrons. The van der Waals surface area contributed by atoms with Gasteiger partial charge < -0.3 is 10.4 Å². The topological polar surface area (TPSA) is 32.3 Å². The summed E-state index contributed by atoms with van der Waals surface area (Å²) in [7, 11) is 0. The largest absolute Gasteiger partial charge is 0.387 e. The van der Waals surface area contributed by atoms with Crippen LogP contribution in [0, 0.1) is 11.6 Å². The highest BCUT2D eigenvalue weighted by atomic mass is 79.9. The fourth-order valence-electron chi connectivity index (χ4n) is 1.88. The van der Waals surface area contributed by atoms with E-state index < -0.39 is 17.7 Å². The summed E-state index contributed by atoms with van der Waals surface area (Å²) in [6.07, 6.45) is -1.01. The lowest BCUT2D eigenvalue weighted by atomic mass is 10.1. The van der Waals surface area contributed by atoms with Crippen LogP contribution < -0.4 is 5.32 Å². The first-order chi connectivity index (χ1) is 9.56. The molecule has 2 nitrogen and oxygen atoms in total. The maximum absolute atomic E-state index is 13.5. The van der Waals surface area contributed by atoms with Crippen molar-refractivity contribution < 1.29 is 13.9 Å². The zero-order valence-electron chi connectivity index (χ0n) is 10.6. The van der Waals surface area contributed by atoms with Gasteiger partial charge in [-0.15, -0.1) is 0 Å². The van der Waals surface area contributed by atoms with E-state index in [1.165, 1.54) is 6.07 Å². The van der Waals surface area contributed by atoms with E-state index in [1.54, 1.807) is 0 Å². The first kappa shape index (κ1) is 15.1. The predicted molar refractivity (Wildman–Crippen MR) is 77.2 cm³/mol. The van der Waals surface area contributed by atoms with Crippen LogP contribution in [0.2, 0.25) is 0 Å². The minimum Gasteiger partial charge on any atom is -0.387 e. The first-order valence-corrected chi connectivity index (χ1v) is 6.94. The number of halogens is 3. The summed E-state index contributed by atoms with van der Waals surface area (Å²) < 4.78 is 27.2. The summed E-state index contributed by atoms with van der Waals surface area (Å²) in [5.41, 5.74) is 1.14. The third-order valence-electron chi connectivity index (χ3n) is 2.88. The second-order valence-electron chi connectivity index (χ2n) is 4.44. The van der Waals surface area contributed by atoms with Gasteiger partial charge in [0.1, 0.15) is 11.6 Å². The molecule has 1 atom stereocenters. The minimum atomic E-state index is -1.01. The molecular formula is C15H14BrF2NO. The molecule has 20 heavy (non-hydrogen) atoms. The van der Waals surface area contributed by atoms with Gasteiger partial charge in [0, 0.05) is 29.2 Å². The Balaban J connectivity index is 1.90. The van der Waals surface area contributed by atoms with Gasteiger partial charge in [-0.05, 0) is 23.8 Å². The molecule has 0 amide bonds. The van der Waals surface area contributed by atoms with Crippen LogP contribution in [0.4, 0.5) is 8.78 Å². The van der Waals surface area contributed by atoms with E-state index in [0.29, 0.717) is 6.54 Å². The Morgan fingerprint density at radius 1 is 1.15 bits per heavy atom. The maximum Gasteiger partial charge on any atom is 0.131 e. The average molecular weight is 342 g/mol. The van der Waals surface area contributed by atoms with Crippen molar-refractivity contribution in [2.45, 2.75) is 12.6 Å². The van der Waals surface area contributed by atoms with Crippen LogP contribution in [0.5, 0.6) is 0 Å². The Morgan fingerprint density at radius 3 is 2.65 bits per heavy atom. The van der Waals surface area contributed by atoms with Crippen LogP contribution >= 0.6 is 15.9 Å². The summed E-state index contributed by atoms with van der Waals surface area (Å²) in [6.45, 7) is 0.744. The van der Waals surface area contributed by atoms with Gasteiger partial charge in [-0.3, -0.25) is 0 Å². The highest BCUT2D eigenvalue weighted by molar-refractivity contribution is 9.10. The molecule has 0 heterocycles. The lowest BCUT2D eigenvalue weighted by Crippen LogP contribution is -2.21.